The van der Waals surface area contributed by atoms with Crippen LogP contribution in [0.5, 0.6) is 5.75 Å². The Morgan fingerprint density at radius 3 is 2.67 bits per heavy atom. The third-order valence-electron chi connectivity index (χ3n) is 1.73. The molecule has 0 bridgehead atoms. The molecule has 1 rings (SSSR count). The summed E-state index contributed by atoms with van der Waals surface area (Å²) in [4.78, 5) is 0. The first kappa shape index (κ1) is 17.9. The molecule has 0 aliphatic carbocycles. The van der Waals surface area contributed by atoms with Gasteiger partial charge in [0.15, 0.2) is 0 Å². The van der Waals surface area contributed by atoms with E-state index < -0.39 is 0 Å². The van der Waals surface area contributed by atoms with Gasteiger partial charge in [0, 0.05) is 5.75 Å². The van der Waals surface area contributed by atoms with Crippen LogP contribution in [0.15, 0.2) is 18.2 Å². The van der Waals surface area contributed by atoms with Crippen molar-refractivity contribution >= 4 is 34.7 Å². The first-order chi connectivity index (χ1) is 6.20. The zero-order valence-electron chi connectivity index (χ0n) is 9.09. The van der Waals surface area contributed by atoms with Crippen LogP contribution in [0.25, 0.3) is 0 Å². The van der Waals surface area contributed by atoms with Crippen LogP contribution >= 0.6 is 11.6 Å². The Labute approximate surface area is 123 Å². The van der Waals surface area contributed by atoms with E-state index in [1.807, 2.05) is 6.07 Å². The second-order valence-electron chi connectivity index (χ2n) is 3.39. The molecule has 0 saturated heterocycles. The molecular weight excluding hydrogens is 288 g/mol. The van der Waals surface area contributed by atoms with E-state index in [0.717, 1.165) is 18.8 Å². The second-order valence-corrected chi connectivity index (χ2v) is 3.79. The Morgan fingerprint density at radius 1 is 1.47 bits per heavy atom. The minimum absolute atomic E-state index is 0. The quantitative estimate of drug-likeness (QED) is 0.570. The van der Waals surface area contributed by atoms with Crippen LogP contribution < -0.4 is 21.7 Å². The molecule has 0 aliphatic heterocycles. The van der Waals surface area contributed by atoms with Gasteiger partial charge in [0.05, 0.1) is 6.61 Å². The summed E-state index contributed by atoms with van der Waals surface area (Å²) in [6, 6.07) is 8.24. The van der Waals surface area contributed by atoms with Crippen LogP contribution in [-0.4, -0.2) is 29.7 Å². The summed E-state index contributed by atoms with van der Waals surface area (Å²) in [7, 11) is 0. The summed E-state index contributed by atoms with van der Waals surface area (Å²) in [5.74, 6) is 1.41. The molecule has 1 nitrogen and oxygen atoms in total. The summed E-state index contributed by atoms with van der Waals surface area (Å²) in [6.45, 7) is 5.06. The van der Waals surface area contributed by atoms with Gasteiger partial charge >= 0.3 is 23.1 Å². The zero-order valence-corrected chi connectivity index (χ0v) is 12.9. The number of benzene rings is 1. The molecule has 0 aromatic heterocycles. The van der Waals surface area contributed by atoms with E-state index in [0.29, 0.717) is 10.9 Å². The molecule has 0 spiro atoms. The van der Waals surface area contributed by atoms with Gasteiger partial charge in [-0.25, -0.2) is 0 Å². The normalized spacial score (nSPS) is 9.07. The average Bonchev–Trinajstić information content (AvgIpc) is 2.08. The molecule has 4 heteroatoms. The summed E-state index contributed by atoms with van der Waals surface area (Å²) >= 11 is 5.88. The molecule has 80 valence electrons. The van der Waals surface area contributed by atoms with E-state index in [1.54, 1.807) is 12.1 Å². The monoisotopic (exact) mass is 300 g/mol. The Morgan fingerprint density at radius 2 is 2.13 bits per heavy atom. The molecule has 0 atom stereocenters. The molecule has 0 aliphatic rings. The number of hydrogen-bond donors (Lipinski definition) is 0. The van der Waals surface area contributed by atoms with Gasteiger partial charge in [-0.2, -0.15) is 29.8 Å². The van der Waals surface area contributed by atoms with Crippen LogP contribution in [0.2, 0.25) is 5.02 Å². The predicted molar refractivity (Wildman–Crippen MR) is 61.0 cm³/mol. The number of ether oxygens (including phenoxy) is 1. The molecule has 15 heavy (non-hydrogen) atoms. The predicted octanol–water partition coefficient (Wildman–Crippen LogP) is 0.188. The number of rotatable bonds is 4. The van der Waals surface area contributed by atoms with Gasteiger partial charge in [-0.3, -0.25) is 0 Å². The van der Waals surface area contributed by atoms with Gasteiger partial charge in [-0.1, -0.05) is 13.8 Å². The Bertz CT molecular complexity index is 269. The third-order valence-corrected chi connectivity index (χ3v) is 2.02. The van der Waals surface area contributed by atoms with Gasteiger partial charge < -0.3 is 21.7 Å². The van der Waals surface area contributed by atoms with E-state index in [1.165, 1.54) is 0 Å². The van der Waals surface area contributed by atoms with Crippen LogP contribution in [0.4, 0.5) is 0 Å². The van der Waals surface area contributed by atoms with Gasteiger partial charge in [-0.15, -0.1) is 6.07 Å². The third kappa shape index (κ3) is 7.45. The minimum atomic E-state index is 0. The number of halogens is 2. The molecule has 0 saturated carbocycles. The van der Waals surface area contributed by atoms with Crippen molar-refractivity contribution in [3.05, 3.63) is 29.3 Å². The van der Waals surface area contributed by atoms with Crippen LogP contribution in [0.1, 0.15) is 20.3 Å². The Kier molecular flexibility index (Phi) is 11.7. The molecule has 0 unspecified atom stereocenters. The van der Waals surface area contributed by atoms with Crippen molar-refractivity contribution in [1.82, 2.24) is 0 Å². The van der Waals surface area contributed by atoms with Crippen molar-refractivity contribution < 1.29 is 21.7 Å². The standard InChI is InChI=1S/C11H14ClO.BrH.Mg/c1-9(2)7-8-13-11-6-4-3-5-10(11)12;;/h4-6,9H,7-8H2,1-2H3;1H;/q-1;;+2/p-1. The Balaban J connectivity index is 0. The molecule has 0 amide bonds. The summed E-state index contributed by atoms with van der Waals surface area (Å²) in [5.41, 5.74) is 0. The van der Waals surface area contributed by atoms with Crippen molar-refractivity contribution in [2.45, 2.75) is 20.3 Å². The van der Waals surface area contributed by atoms with Crippen molar-refractivity contribution in [3.8, 4) is 5.75 Å². The van der Waals surface area contributed by atoms with E-state index in [4.69, 9.17) is 16.3 Å². The largest absolute Gasteiger partial charge is 2.00 e. The first-order valence-corrected chi connectivity index (χ1v) is 4.86. The van der Waals surface area contributed by atoms with E-state index in [9.17, 15) is 0 Å². The van der Waals surface area contributed by atoms with E-state index in [-0.39, 0.29) is 40.0 Å². The van der Waals surface area contributed by atoms with Crippen molar-refractivity contribution in [2.24, 2.45) is 5.92 Å². The van der Waals surface area contributed by atoms with Crippen LogP contribution in [0, 0.1) is 12.0 Å². The van der Waals surface area contributed by atoms with Crippen molar-refractivity contribution in [1.29, 1.82) is 0 Å². The molecule has 0 fully saturated rings. The maximum absolute atomic E-state index is 5.88. The molecule has 0 N–H and O–H groups in total. The van der Waals surface area contributed by atoms with Gasteiger partial charge in [0.1, 0.15) is 0 Å². The Hall–Kier alpha value is 0.556. The van der Waals surface area contributed by atoms with Crippen molar-refractivity contribution in [2.75, 3.05) is 6.61 Å². The maximum atomic E-state index is 5.88. The molecule has 1 aromatic carbocycles. The van der Waals surface area contributed by atoms with Crippen LogP contribution in [-0.2, 0) is 0 Å². The molecule has 0 radical (unpaired) electrons. The summed E-state index contributed by atoms with van der Waals surface area (Å²) < 4.78 is 5.50. The smallest absolute Gasteiger partial charge is 1.00 e. The summed E-state index contributed by atoms with van der Waals surface area (Å²) in [5, 5.41) is 0.631. The maximum Gasteiger partial charge on any atom is 2.00 e. The van der Waals surface area contributed by atoms with E-state index >= 15 is 0 Å². The second kappa shape index (κ2) is 9.76. The zero-order chi connectivity index (χ0) is 9.68. The van der Waals surface area contributed by atoms with Crippen molar-refractivity contribution in [3.63, 3.8) is 0 Å². The fraction of sp³-hybridized carbons (Fsp3) is 0.455. The van der Waals surface area contributed by atoms with E-state index in [2.05, 4.69) is 19.9 Å². The van der Waals surface area contributed by atoms with Gasteiger partial charge in [0.2, 0.25) is 0 Å². The number of hydrogen-bond acceptors (Lipinski definition) is 1. The fourth-order valence-corrected chi connectivity index (χ4v) is 1.10. The minimum Gasteiger partial charge on any atom is -1.00 e. The SMILES string of the molecule is CC(C)CCOc1cc[c-]cc1Cl.[Br-].[Mg+2]. The first-order valence-electron chi connectivity index (χ1n) is 4.48. The topological polar surface area (TPSA) is 9.23 Å². The van der Waals surface area contributed by atoms with Gasteiger partial charge in [0.25, 0.3) is 0 Å². The molecule has 0 heterocycles. The molecular formula is C11H14BrClMgO. The van der Waals surface area contributed by atoms with Crippen LogP contribution in [0.3, 0.4) is 0 Å². The molecule has 1 aromatic rings. The summed E-state index contributed by atoms with van der Waals surface area (Å²) in [6.07, 6.45) is 1.05. The fourth-order valence-electron chi connectivity index (χ4n) is 0.917. The van der Waals surface area contributed by atoms with Gasteiger partial charge in [-0.05, 0) is 17.4 Å². The average molecular weight is 302 g/mol.